The van der Waals surface area contributed by atoms with E-state index in [1.54, 1.807) is 37.4 Å². The summed E-state index contributed by atoms with van der Waals surface area (Å²) in [5, 5.41) is 3.46. The molecule has 0 saturated heterocycles. The van der Waals surface area contributed by atoms with Gasteiger partial charge in [0, 0.05) is 30.9 Å². The summed E-state index contributed by atoms with van der Waals surface area (Å²) < 4.78 is 18.9. The van der Waals surface area contributed by atoms with Crippen LogP contribution in [0.25, 0.3) is 5.70 Å². The van der Waals surface area contributed by atoms with Crippen LogP contribution in [-0.4, -0.2) is 32.9 Å². The fraction of sp³-hybridized carbons (Fsp3) is 0.267. The lowest BCUT2D eigenvalue weighted by Crippen LogP contribution is -2.30. The first kappa shape index (κ1) is 29.0. The number of carbonyl (C=O) groups is 1. The molecule has 0 heterocycles. The van der Waals surface area contributed by atoms with Gasteiger partial charge in [0.2, 0.25) is 0 Å². The third-order valence-corrected chi connectivity index (χ3v) is 6.22. The number of aliphatic imine (C=N–C) groups is 1. The minimum absolute atomic E-state index is 0.294. The first-order chi connectivity index (χ1) is 18.4. The van der Waals surface area contributed by atoms with Crippen LogP contribution in [0.4, 0.5) is 15.8 Å². The van der Waals surface area contributed by atoms with Crippen LogP contribution >= 0.6 is 11.6 Å². The maximum Gasteiger partial charge on any atom is 0.253 e. The van der Waals surface area contributed by atoms with Crippen LogP contribution in [0.3, 0.4) is 0 Å². The summed E-state index contributed by atoms with van der Waals surface area (Å²) >= 11 is 6.09. The van der Waals surface area contributed by atoms with Crippen molar-refractivity contribution in [3.8, 4) is 0 Å². The number of rotatable bonds is 14. The SMILES string of the molecule is C=Nc1cc(Cl)ccc1NC(=O)/C(CCc1ccc(F)cc1)=C(\NNC)c1ccc(CCCOCC)cc1. The molecule has 0 aliphatic rings. The van der Waals surface area contributed by atoms with E-state index in [-0.39, 0.29) is 11.7 Å². The predicted molar refractivity (Wildman–Crippen MR) is 154 cm³/mol. The van der Waals surface area contributed by atoms with Crippen LogP contribution in [0.1, 0.15) is 36.5 Å². The van der Waals surface area contributed by atoms with Crippen LogP contribution in [0.5, 0.6) is 0 Å². The van der Waals surface area contributed by atoms with E-state index < -0.39 is 0 Å². The van der Waals surface area contributed by atoms with Crippen LogP contribution in [0.15, 0.2) is 77.3 Å². The Morgan fingerprint density at radius 2 is 1.71 bits per heavy atom. The molecule has 0 fully saturated rings. The Balaban J connectivity index is 1.94. The van der Waals surface area contributed by atoms with Gasteiger partial charge < -0.3 is 15.5 Å². The van der Waals surface area contributed by atoms with Crippen molar-refractivity contribution in [1.82, 2.24) is 10.9 Å². The molecule has 0 aliphatic heterocycles. The molecule has 0 saturated carbocycles. The number of hydrogen-bond donors (Lipinski definition) is 3. The van der Waals surface area contributed by atoms with E-state index in [4.69, 9.17) is 16.3 Å². The van der Waals surface area contributed by atoms with E-state index in [1.807, 2.05) is 19.1 Å². The van der Waals surface area contributed by atoms with Gasteiger partial charge in [-0.1, -0.05) is 48.0 Å². The zero-order valence-corrected chi connectivity index (χ0v) is 22.6. The molecule has 3 N–H and O–H groups in total. The molecule has 0 unspecified atom stereocenters. The Kier molecular flexibility index (Phi) is 11.5. The Labute approximate surface area is 228 Å². The first-order valence-corrected chi connectivity index (χ1v) is 13.0. The minimum Gasteiger partial charge on any atom is -0.382 e. The van der Waals surface area contributed by atoms with Gasteiger partial charge in [-0.15, -0.1) is 0 Å². The summed E-state index contributed by atoms with van der Waals surface area (Å²) in [6.07, 6.45) is 2.80. The van der Waals surface area contributed by atoms with Crippen LogP contribution in [0.2, 0.25) is 5.02 Å². The maximum atomic E-state index is 13.7. The Morgan fingerprint density at radius 3 is 2.37 bits per heavy atom. The highest BCUT2D eigenvalue weighted by molar-refractivity contribution is 6.31. The fourth-order valence-corrected chi connectivity index (χ4v) is 4.19. The number of benzene rings is 3. The summed E-state index contributed by atoms with van der Waals surface area (Å²) in [4.78, 5) is 17.7. The highest BCUT2D eigenvalue weighted by Gasteiger charge is 2.19. The Bertz CT molecular complexity index is 1240. The normalized spacial score (nSPS) is 11.6. The van der Waals surface area contributed by atoms with Gasteiger partial charge in [-0.05, 0) is 86.3 Å². The number of halogens is 2. The second-order valence-electron chi connectivity index (χ2n) is 8.63. The van der Waals surface area contributed by atoms with Gasteiger partial charge >= 0.3 is 0 Å². The minimum atomic E-state index is -0.298. The summed E-state index contributed by atoms with van der Waals surface area (Å²) in [6, 6.07) is 19.5. The summed E-state index contributed by atoms with van der Waals surface area (Å²) in [5.74, 6) is -0.591. The lowest BCUT2D eigenvalue weighted by molar-refractivity contribution is -0.113. The van der Waals surface area contributed by atoms with Crippen LogP contribution in [0, 0.1) is 5.82 Å². The number of amides is 1. The van der Waals surface area contributed by atoms with Crippen molar-refractivity contribution in [2.24, 2.45) is 4.99 Å². The van der Waals surface area contributed by atoms with E-state index in [0.29, 0.717) is 47.1 Å². The molecule has 0 spiro atoms. The van der Waals surface area contributed by atoms with Gasteiger partial charge in [0.1, 0.15) is 5.82 Å². The van der Waals surface area contributed by atoms with Gasteiger partial charge in [0.05, 0.1) is 17.1 Å². The molecule has 0 atom stereocenters. The molecule has 3 rings (SSSR count). The van der Waals surface area contributed by atoms with Gasteiger partial charge in [-0.3, -0.25) is 9.79 Å². The lowest BCUT2D eigenvalue weighted by Gasteiger charge is -2.18. The zero-order chi connectivity index (χ0) is 27.3. The summed E-state index contributed by atoms with van der Waals surface area (Å²) in [7, 11) is 1.75. The van der Waals surface area contributed by atoms with Crippen molar-refractivity contribution in [1.29, 1.82) is 0 Å². The second-order valence-corrected chi connectivity index (χ2v) is 9.06. The van der Waals surface area contributed by atoms with Crippen LogP contribution in [-0.2, 0) is 22.4 Å². The molecular formula is C30H34ClFN4O2. The van der Waals surface area contributed by atoms with Crippen molar-refractivity contribution in [3.05, 3.63) is 99.8 Å². The molecule has 3 aromatic rings. The smallest absolute Gasteiger partial charge is 0.253 e. The van der Waals surface area contributed by atoms with Crippen molar-refractivity contribution in [2.45, 2.75) is 32.6 Å². The number of ether oxygens (including phenoxy) is 1. The lowest BCUT2D eigenvalue weighted by atomic mass is 9.97. The average Bonchev–Trinajstić information content (AvgIpc) is 2.93. The summed E-state index contributed by atoms with van der Waals surface area (Å²) in [6.45, 7) is 7.02. The number of nitrogens with zero attached hydrogens (tertiary/aromatic N) is 1. The van der Waals surface area contributed by atoms with Gasteiger partial charge in [-0.2, -0.15) is 0 Å². The average molecular weight is 537 g/mol. The molecule has 8 heteroatoms. The molecule has 1 amide bonds. The molecule has 0 aliphatic carbocycles. The number of aryl methyl sites for hydroxylation is 2. The van der Waals surface area contributed by atoms with E-state index in [9.17, 15) is 9.18 Å². The van der Waals surface area contributed by atoms with Gasteiger partial charge in [0.15, 0.2) is 0 Å². The van der Waals surface area contributed by atoms with Gasteiger partial charge in [0.25, 0.3) is 5.91 Å². The highest BCUT2D eigenvalue weighted by atomic mass is 35.5. The predicted octanol–water partition coefficient (Wildman–Crippen LogP) is 6.49. The molecule has 6 nitrogen and oxygen atoms in total. The van der Waals surface area contributed by atoms with Crippen LogP contribution < -0.4 is 16.2 Å². The third kappa shape index (κ3) is 8.52. The second kappa shape index (κ2) is 15.0. The first-order valence-electron chi connectivity index (χ1n) is 12.6. The van der Waals surface area contributed by atoms with E-state index in [1.165, 1.54) is 17.7 Å². The highest BCUT2D eigenvalue weighted by Crippen LogP contribution is 2.30. The number of hydrogen-bond acceptors (Lipinski definition) is 5. The standard InChI is InChI=1S/C30H34ClFN4O2/c1-4-38-19-5-6-21-7-12-23(13-8-21)29(36-34-3)26(17-11-22-9-15-25(32)16-10-22)30(37)35-27-18-14-24(31)20-28(27)33-2/h7-10,12-16,18,20,34,36H,2,4-6,11,17,19H2,1,3H3,(H,35,37)/b29-26-. The Morgan fingerprint density at radius 1 is 1.03 bits per heavy atom. The zero-order valence-electron chi connectivity index (χ0n) is 21.8. The number of anilines is 1. The molecule has 0 aromatic heterocycles. The molecule has 38 heavy (non-hydrogen) atoms. The van der Waals surface area contributed by atoms with E-state index in [0.717, 1.165) is 30.6 Å². The molecule has 3 aromatic carbocycles. The number of nitrogens with one attached hydrogen (secondary N) is 3. The molecular weight excluding hydrogens is 503 g/mol. The van der Waals surface area contributed by atoms with Crippen molar-refractivity contribution < 1.29 is 13.9 Å². The van der Waals surface area contributed by atoms with E-state index >= 15 is 0 Å². The van der Waals surface area contributed by atoms with Crippen molar-refractivity contribution in [3.63, 3.8) is 0 Å². The third-order valence-electron chi connectivity index (χ3n) is 5.98. The number of carbonyl (C=O) groups excluding carboxylic acids is 1. The number of hydrazine groups is 1. The quantitative estimate of drug-likeness (QED) is 0.0953. The monoisotopic (exact) mass is 536 g/mol. The molecule has 200 valence electrons. The van der Waals surface area contributed by atoms with E-state index in [2.05, 4.69) is 40.0 Å². The van der Waals surface area contributed by atoms with Crippen molar-refractivity contribution >= 4 is 41.3 Å². The van der Waals surface area contributed by atoms with Gasteiger partial charge in [-0.25, -0.2) is 9.82 Å². The van der Waals surface area contributed by atoms with Crippen molar-refractivity contribution in [2.75, 3.05) is 25.6 Å². The molecule has 0 radical (unpaired) electrons. The maximum absolute atomic E-state index is 13.7. The Hall–Kier alpha value is -3.52. The largest absolute Gasteiger partial charge is 0.382 e. The fourth-order valence-electron chi connectivity index (χ4n) is 4.02. The molecule has 0 bridgehead atoms. The topological polar surface area (TPSA) is 74.8 Å². The summed E-state index contributed by atoms with van der Waals surface area (Å²) in [5.41, 5.74) is 11.2.